The van der Waals surface area contributed by atoms with Crippen LogP contribution in [0.4, 0.5) is 16.4 Å². The number of carbonyl (C=O) groups excluding carboxylic acids is 1. The zero-order chi connectivity index (χ0) is 13.1. The van der Waals surface area contributed by atoms with E-state index < -0.39 is 0 Å². The molecule has 0 fully saturated rings. The lowest BCUT2D eigenvalue weighted by Gasteiger charge is -2.06. The van der Waals surface area contributed by atoms with E-state index in [1.54, 1.807) is 6.20 Å². The Kier molecular flexibility index (Phi) is 2.86. The molecule has 0 aliphatic rings. The number of benzene rings is 1. The molecule has 2 N–H and O–H groups in total. The second kappa shape index (κ2) is 4.81. The molecule has 5 heteroatoms. The van der Waals surface area contributed by atoms with Crippen molar-refractivity contribution in [2.45, 2.75) is 0 Å². The molecule has 94 valence electrons. The van der Waals surface area contributed by atoms with Crippen LogP contribution in [0.25, 0.3) is 5.52 Å². The van der Waals surface area contributed by atoms with Crippen molar-refractivity contribution in [2.75, 3.05) is 10.6 Å². The molecule has 0 saturated heterocycles. The average Bonchev–Trinajstić information content (AvgIpc) is 2.83. The zero-order valence-electron chi connectivity index (χ0n) is 10.1. The van der Waals surface area contributed by atoms with Crippen LogP contribution in [0.5, 0.6) is 0 Å². The molecule has 3 aromatic rings. The first-order valence-electron chi connectivity index (χ1n) is 5.88. The van der Waals surface area contributed by atoms with Crippen LogP contribution < -0.4 is 10.6 Å². The van der Waals surface area contributed by atoms with Gasteiger partial charge in [0.05, 0.1) is 11.7 Å². The van der Waals surface area contributed by atoms with Crippen LogP contribution in [0, 0.1) is 0 Å². The van der Waals surface area contributed by atoms with E-state index >= 15 is 0 Å². The molecular formula is C14H12N4O. The minimum atomic E-state index is -0.317. The molecule has 2 aromatic heterocycles. The van der Waals surface area contributed by atoms with Crippen molar-refractivity contribution >= 4 is 23.2 Å². The Morgan fingerprint density at radius 3 is 2.63 bits per heavy atom. The summed E-state index contributed by atoms with van der Waals surface area (Å²) in [7, 11) is 0. The van der Waals surface area contributed by atoms with Gasteiger partial charge in [-0.25, -0.2) is 9.78 Å². The molecule has 2 amide bonds. The summed E-state index contributed by atoms with van der Waals surface area (Å²) in [5, 5.41) is 5.46. The summed E-state index contributed by atoms with van der Waals surface area (Å²) in [5.41, 5.74) is 1.67. The molecule has 0 saturated carbocycles. The Morgan fingerprint density at radius 2 is 1.79 bits per heavy atom. The Labute approximate surface area is 109 Å². The van der Waals surface area contributed by atoms with E-state index in [0.717, 1.165) is 11.2 Å². The minimum Gasteiger partial charge on any atom is -0.308 e. The molecule has 3 rings (SSSR count). The number of hydrogen-bond acceptors (Lipinski definition) is 2. The third-order valence-electron chi connectivity index (χ3n) is 2.70. The third-order valence-corrected chi connectivity index (χ3v) is 2.70. The van der Waals surface area contributed by atoms with Gasteiger partial charge in [-0.3, -0.25) is 9.72 Å². The Bertz CT molecular complexity index is 706. The third kappa shape index (κ3) is 2.40. The molecule has 0 radical (unpaired) electrons. The molecular weight excluding hydrogens is 240 g/mol. The summed E-state index contributed by atoms with van der Waals surface area (Å²) in [6, 6.07) is 14.7. The highest BCUT2D eigenvalue weighted by Gasteiger charge is 2.07. The van der Waals surface area contributed by atoms with Crippen molar-refractivity contribution in [3.8, 4) is 0 Å². The van der Waals surface area contributed by atoms with Crippen molar-refractivity contribution in [3.63, 3.8) is 0 Å². The van der Waals surface area contributed by atoms with Crippen LogP contribution in [-0.2, 0) is 0 Å². The Balaban J connectivity index is 1.76. The van der Waals surface area contributed by atoms with Gasteiger partial charge in [0.1, 0.15) is 0 Å². The number of amides is 2. The number of nitrogens with zero attached hydrogens (tertiary/aromatic N) is 2. The summed E-state index contributed by atoms with van der Waals surface area (Å²) in [4.78, 5) is 16.0. The number of urea groups is 1. The van der Waals surface area contributed by atoms with Gasteiger partial charge in [0.25, 0.3) is 0 Å². The number of pyridine rings is 1. The van der Waals surface area contributed by atoms with Gasteiger partial charge in [0, 0.05) is 11.9 Å². The lowest BCUT2D eigenvalue weighted by atomic mass is 10.3. The van der Waals surface area contributed by atoms with Gasteiger partial charge in [-0.1, -0.05) is 24.3 Å². The van der Waals surface area contributed by atoms with Crippen LogP contribution in [0.2, 0.25) is 0 Å². The molecule has 0 unspecified atom stereocenters. The fourth-order valence-electron chi connectivity index (χ4n) is 1.82. The largest absolute Gasteiger partial charge is 0.326 e. The molecule has 0 spiro atoms. The summed E-state index contributed by atoms with van der Waals surface area (Å²) < 4.78 is 1.81. The van der Waals surface area contributed by atoms with Crippen LogP contribution >= 0.6 is 0 Å². The molecule has 0 atom stereocenters. The highest BCUT2D eigenvalue weighted by molar-refractivity contribution is 5.98. The molecule has 0 aliphatic heterocycles. The molecule has 0 bridgehead atoms. The fourth-order valence-corrected chi connectivity index (χ4v) is 1.82. The van der Waals surface area contributed by atoms with E-state index in [4.69, 9.17) is 0 Å². The quantitative estimate of drug-likeness (QED) is 0.736. The van der Waals surface area contributed by atoms with E-state index in [0.29, 0.717) is 5.95 Å². The van der Waals surface area contributed by atoms with Crippen molar-refractivity contribution in [1.82, 2.24) is 9.38 Å². The number of fused-ring (bicyclic) bond motifs is 1. The number of nitrogens with one attached hydrogen (secondary N) is 2. The van der Waals surface area contributed by atoms with Gasteiger partial charge >= 0.3 is 6.03 Å². The van der Waals surface area contributed by atoms with E-state index in [1.807, 2.05) is 59.1 Å². The Hall–Kier alpha value is -2.82. The number of rotatable bonds is 2. The SMILES string of the molecule is O=C(Nc1ccccc1)Nc1ncc2ccccn12. The number of hydrogen-bond donors (Lipinski definition) is 2. The Morgan fingerprint density at radius 1 is 1.00 bits per heavy atom. The second-order valence-electron chi connectivity index (χ2n) is 4.02. The van der Waals surface area contributed by atoms with Crippen LogP contribution in [0.1, 0.15) is 0 Å². The number of carbonyl (C=O) groups is 1. The fraction of sp³-hybridized carbons (Fsp3) is 0. The smallest absolute Gasteiger partial charge is 0.308 e. The van der Waals surface area contributed by atoms with E-state index in [-0.39, 0.29) is 6.03 Å². The van der Waals surface area contributed by atoms with Gasteiger partial charge in [-0.15, -0.1) is 0 Å². The standard InChI is InChI=1S/C14H12N4O/c19-14(16-11-6-2-1-3-7-11)17-13-15-10-12-8-4-5-9-18(12)13/h1-10H,(H2,15,16,17,19). The molecule has 1 aromatic carbocycles. The number of imidazole rings is 1. The highest BCUT2D eigenvalue weighted by atomic mass is 16.2. The van der Waals surface area contributed by atoms with E-state index in [2.05, 4.69) is 15.6 Å². The van der Waals surface area contributed by atoms with E-state index in [9.17, 15) is 4.79 Å². The van der Waals surface area contributed by atoms with Crippen molar-refractivity contribution in [3.05, 3.63) is 60.9 Å². The number of aromatic nitrogens is 2. The minimum absolute atomic E-state index is 0.317. The first-order valence-corrected chi connectivity index (χ1v) is 5.88. The summed E-state index contributed by atoms with van der Waals surface area (Å²) >= 11 is 0. The van der Waals surface area contributed by atoms with Gasteiger partial charge in [0.15, 0.2) is 0 Å². The van der Waals surface area contributed by atoms with Crippen molar-refractivity contribution < 1.29 is 4.79 Å². The van der Waals surface area contributed by atoms with Gasteiger partial charge in [-0.05, 0) is 24.3 Å². The summed E-state index contributed by atoms with van der Waals surface area (Å²) in [5.74, 6) is 0.490. The normalized spacial score (nSPS) is 10.3. The lowest BCUT2D eigenvalue weighted by Crippen LogP contribution is -2.20. The first kappa shape index (κ1) is 11.3. The van der Waals surface area contributed by atoms with Crippen molar-refractivity contribution in [2.24, 2.45) is 0 Å². The van der Waals surface area contributed by atoms with Gasteiger partial charge < -0.3 is 5.32 Å². The molecule has 0 aliphatic carbocycles. The number of anilines is 2. The monoisotopic (exact) mass is 252 g/mol. The summed E-state index contributed by atoms with van der Waals surface area (Å²) in [6.07, 6.45) is 3.55. The topological polar surface area (TPSA) is 58.4 Å². The molecule has 19 heavy (non-hydrogen) atoms. The highest BCUT2D eigenvalue weighted by Crippen LogP contribution is 2.11. The average molecular weight is 252 g/mol. The predicted molar refractivity (Wildman–Crippen MR) is 74.3 cm³/mol. The lowest BCUT2D eigenvalue weighted by molar-refractivity contribution is 0.262. The maximum Gasteiger partial charge on any atom is 0.326 e. The van der Waals surface area contributed by atoms with Crippen LogP contribution in [0.3, 0.4) is 0 Å². The molecule has 2 heterocycles. The molecule has 5 nitrogen and oxygen atoms in total. The van der Waals surface area contributed by atoms with Crippen LogP contribution in [-0.4, -0.2) is 15.4 Å². The van der Waals surface area contributed by atoms with Gasteiger partial charge in [-0.2, -0.15) is 0 Å². The first-order chi connectivity index (χ1) is 9.33. The maximum absolute atomic E-state index is 11.8. The predicted octanol–water partition coefficient (Wildman–Crippen LogP) is 2.98. The van der Waals surface area contributed by atoms with Gasteiger partial charge in [0.2, 0.25) is 5.95 Å². The van der Waals surface area contributed by atoms with Crippen LogP contribution in [0.15, 0.2) is 60.9 Å². The number of para-hydroxylation sites is 1. The van der Waals surface area contributed by atoms with E-state index in [1.165, 1.54) is 0 Å². The maximum atomic E-state index is 11.8. The van der Waals surface area contributed by atoms with Crippen molar-refractivity contribution in [1.29, 1.82) is 0 Å². The second-order valence-corrected chi connectivity index (χ2v) is 4.02. The summed E-state index contributed by atoms with van der Waals surface area (Å²) in [6.45, 7) is 0. The zero-order valence-corrected chi connectivity index (χ0v) is 10.1.